The maximum atomic E-state index is 14.9. The van der Waals surface area contributed by atoms with Crippen molar-refractivity contribution < 1.29 is 77.2 Å². The third-order valence-electron chi connectivity index (χ3n) is 9.46. The molecule has 2 aliphatic rings. The molecule has 1 heterocycles. The van der Waals surface area contributed by atoms with E-state index in [-0.39, 0.29) is 52.5 Å². The first kappa shape index (κ1) is 46.1. The van der Waals surface area contributed by atoms with Crippen LogP contribution in [0.25, 0.3) is 16.8 Å². The van der Waals surface area contributed by atoms with Gasteiger partial charge >= 0.3 is 36.5 Å². The van der Waals surface area contributed by atoms with Gasteiger partial charge in [-0.05, 0) is 89.1 Å². The van der Waals surface area contributed by atoms with Crippen LogP contribution in [0.4, 0.5) is 48.7 Å². The maximum Gasteiger partial charge on any atom is 0.573 e. The molecular formula is C37H32Cl2F10N4O7. The summed E-state index contributed by atoms with van der Waals surface area (Å²) in [5, 5.41) is 12.3. The van der Waals surface area contributed by atoms with Gasteiger partial charge in [-0.25, -0.2) is 13.9 Å². The van der Waals surface area contributed by atoms with Crippen LogP contribution >= 0.6 is 23.2 Å². The highest BCUT2D eigenvalue weighted by molar-refractivity contribution is 6.34. The van der Waals surface area contributed by atoms with Crippen LogP contribution in [0.3, 0.4) is 0 Å². The van der Waals surface area contributed by atoms with Crippen molar-refractivity contribution in [2.75, 3.05) is 6.73 Å². The highest BCUT2D eigenvalue weighted by Gasteiger charge is 2.73. The summed E-state index contributed by atoms with van der Waals surface area (Å²) in [7, 11) is 0. The smallest absolute Gasteiger partial charge is 0.460 e. The van der Waals surface area contributed by atoms with Gasteiger partial charge in [-0.2, -0.15) is 36.7 Å². The number of halogens is 12. The van der Waals surface area contributed by atoms with Crippen LogP contribution in [0.5, 0.6) is 5.75 Å². The molecule has 326 valence electrons. The zero-order chi connectivity index (χ0) is 44.8. The molecule has 0 N–H and O–H groups in total. The number of alkyl halides is 10. The molecule has 1 aromatic heterocycles. The minimum absolute atomic E-state index is 0.0431. The van der Waals surface area contributed by atoms with E-state index in [1.54, 1.807) is 20.8 Å². The van der Waals surface area contributed by atoms with Gasteiger partial charge in [0, 0.05) is 17.3 Å². The summed E-state index contributed by atoms with van der Waals surface area (Å²) in [6.07, 6.45) is -17.2. The van der Waals surface area contributed by atoms with E-state index in [0.717, 1.165) is 23.4 Å². The first-order valence-electron chi connectivity index (χ1n) is 17.7. The maximum absolute atomic E-state index is 14.9. The van der Waals surface area contributed by atoms with E-state index in [2.05, 4.69) is 9.84 Å². The quantitative estimate of drug-likeness (QED) is 0.111. The average molecular weight is 906 g/mol. The summed E-state index contributed by atoms with van der Waals surface area (Å²) >= 11 is 12.3. The number of esters is 1. The summed E-state index contributed by atoms with van der Waals surface area (Å²) < 4.78 is 156. The number of benzene rings is 2. The Bertz CT molecular complexity index is 2150. The van der Waals surface area contributed by atoms with Crippen LogP contribution in [-0.4, -0.2) is 75.4 Å². The fourth-order valence-electron chi connectivity index (χ4n) is 6.32. The van der Waals surface area contributed by atoms with Crippen molar-refractivity contribution in [3.63, 3.8) is 0 Å². The van der Waals surface area contributed by atoms with Crippen molar-refractivity contribution in [2.45, 2.75) is 101 Å². The number of hydrogen-bond acceptors (Lipinski definition) is 9. The Balaban J connectivity index is 1.38. The Morgan fingerprint density at radius 2 is 1.52 bits per heavy atom. The van der Waals surface area contributed by atoms with Crippen LogP contribution in [0, 0.1) is 17.2 Å². The standard InChI is InChI=1S/C37H32Cl2F10N4O7/c1-32(2,3)60-30(55)19-4-7-23(8-5-19)58-31(56)57-18-52(33(17-50)10-11-33)29(54)24-12-20(6-9-25(24)38)21-15-51-53(16-21)28-26(39)13-22(14-27(28)59-37(47,48)49)34(40,35(41,42)43)36(44,45)46/h6,9,12-16,19,23H,4-5,7-8,10-11,18H2,1-3H3/t19-,23-. The molecule has 1 amide bonds. The van der Waals surface area contributed by atoms with E-state index < -0.39 is 88.5 Å². The van der Waals surface area contributed by atoms with E-state index in [1.807, 2.05) is 6.07 Å². The van der Waals surface area contributed by atoms with Gasteiger partial charge in [-0.3, -0.25) is 14.5 Å². The number of carbonyl (C=O) groups is 3. The van der Waals surface area contributed by atoms with Gasteiger partial charge < -0.3 is 18.9 Å². The number of carbonyl (C=O) groups excluding carboxylic acids is 3. The number of nitrogens with zero attached hydrogens (tertiary/aromatic N) is 4. The van der Waals surface area contributed by atoms with E-state index in [4.69, 9.17) is 37.4 Å². The summed E-state index contributed by atoms with van der Waals surface area (Å²) in [6.45, 7) is 4.45. The second kappa shape index (κ2) is 16.5. The molecule has 2 saturated carbocycles. The number of nitriles is 1. The molecule has 23 heteroatoms. The lowest BCUT2D eigenvalue weighted by Gasteiger charge is -2.31. The Hall–Kier alpha value is -4.97. The van der Waals surface area contributed by atoms with Gasteiger partial charge in [0.15, 0.2) is 12.5 Å². The van der Waals surface area contributed by atoms with Gasteiger partial charge in [0.05, 0.1) is 33.8 Å². The van der Waals surface area contributed by atoms with Crippen LogP contribution < -0.4 is 4.74 Å². The highest BCUT2D eigenvalue weighted by atomic mass is 35.5. The molecule has 2 aromatic carbocycles. The predicted octanol–water partition coefficient (Wildman–Crippen LogP) is 10.5. The lowest BCUT2D eigenvalue weighted by atomic mass is 9.87. The molecule has 0 spiro atoms. The van der Waals surface area contributed by atoms with Gasteiger partial charge in [0.1, 0.15) is 22.9 Å². The van der Waals surface area contributed by atoms with E-state index >= 15 is 0 Å². The van der Waals surface area contributed by atoms with Crippen molar-refractivity contribution in [1.29, 1.82) is 5.26 Å². The van der Waals surface area contributed by atoms with Crippen molar-refractivity contribution in [1.82, 2.24) is 14.7 Å². The molecule has 0 unspecified atom stereocenters. The Morgan fingerprint density at radius 3 is 2.05 bits per heavy atom. The van der Waals surface area contributed by atoms with E-state index in [1.165, 1.54) is 12.1 Å². The van der Waals surface area contributed by atoms with Crippen LogP contribution in [0.2, 0.25) is 10.0 Å². The van der Waals surface area contributed by atoms with Crippen LogP contribution in [-0.2, 0) is 24.7 Å². The van der Waals surface area contributed by atoms with Crippen molar-refractivity contribution >= 4 is 41.2 Å². The lowest BCUT2D eigenvalue weighted by Crippen LogP contribution is -2.50. The number of amides is 1. The highest BCUT2D eigenvalue weighted by Crippen LogP contribution is 2.55. The van der Waals surface area contributed by atoms with Gasteiger partial charge in [-0.15, -0.1) is 13.2 Å². The van der Waals surface area contributed by atoms with E-state index in [9.17, 15) is 63.5 Å². The predicted molar refractivity (Wildman–Crippen MR) is 188 cm³/mol. The summed E-state index contributed by atoms with van der Waals surface area (Å²) in [5.41, 5.74) is -11.9. The molecule has 0 saturated heterocycles. The average Bonchev–Trinajstić information content (AvgIpc) is 3.76. The third-order valence-corrected chi connectivity index (χ3v) is 10.1. The molecule has 60 heavy (non-hydrogen) atoms. The number of aromatic nitrogens is 2. The van der Waals surface area contributed by atoms with Crippen LogP contribution in [0.15, 0.2) is 42.7 Å². The SMILES string of the molecule is CC(C)(C)OC(=O)[C@H]1CC[C@H](OC(=O)OCN(C(=O)c2cc(-c3cnn(-c4c(Cl)cc(C(F)(C(F)(F)F)C(F)(F)F)cc4OC(F)(F)F)c3)ccc2Cl)C2(C#N)CC2)CC1. The minimum Gasteiger partial charge on any atom is -0.460 e. The van der Waals surface area contributed by atoms with Gasteiger partial charge in [-0.1, -0.05) is 29.3 Å². The normalized spacial score (nSPS) is 18.2. The van der Waals surface area contributed by atoms with E-state index in [0.29, 0.717) is 30.4 Å². The molecule has 3 aromatic rings. The monoisotopic (exact) mass is 904 g/mol. The molecule has 0 atom stereocenters. The zero-order valence-corrected chi connectivity index (χ0v) is 32.8. The zero-order valence-electron chi connectivity index (χ0n) is 31.3. The van der Waals surface area contributed by atoms with Crippen molar-refractivity contribution in [3.8, 4) is 28.6 Å². The lowest BCUT2D eigenvalue weighted by molar-refractivity contribution is -0.348. The van der Waals surface area contributed by atoms with Crippen molar-refractivity contribution in [3.05, 3.63) is 63.9 Å². The van der Waals surface area contributed by atoms with Gasteiger partial charge in [0.2, 0.25) is 0 Å². The van der Waals surface area contributed by atoms with Crippen LogP contribution in [0.1, 0.15) is 75.2 Å². The molecular weight excluding hydrogens is 873 g/mol. The Labute approximate surface area is 344 Å². The summed E-state index contributed by atoms with van der Waals surface area (Å²) in [4.78, 5) is 40.1. The minimum atomic E-state index is -6.70. The fraction of sp³-hybridized carbons (Fsp3) is 0.486. The Kier molecular flexibility index (Phi) is 12.7. The second-order valence-electron chi connectivity index (χ2n) is 14.9. The largest absolute Gasteiger partial charge is 0.573 e. The second-order valence-corrected chi connectivity index (χ2v) is 15.7. The number of rotatable bonds is 10. The topological polar surface area (TPSA) is 133 Å². The first-order valence-corrected chi connectivity index (χ1v) is 18.4. The van der Waals surface area contributed by atoms with Crippen molar-refractivity contribution in [2.24, 2.45) is 5.92 Å². The summed E-state index contributed by atoms with van der Waals surface area (Å²) in [6, 6.07) is 5.05. The molecule has 2 aliphatic carbocycles. The molecule has 11 nitrogen and oxygen atoms in total. The molecule has 0 aliphatic heterocycles. The molecule has 0 radical (unpaired) electrons. The fourth-order valence-corrected chi connectivity index (χ4v) is 6.82. The molecule has 5 rings (SSSR count). The third kappa shape index (κ3) is 9.96. The number of hydrogen-bond donors (Lipinski definition) is 0. The molecule has 0 bridgehead atoms. The Morgan fingerprint density at radius 1 is 0.900 bits per heavy atom. The number of ether oxygens (including phenoxy) is 4. The first-order chi connectivity index (χ1) is 27.6. The molecule has 2 fully saturated rings. The summed E-state index contributed by atoms with van der Waals surface area (Å²) in [5.74, 6) is -3.45. The van der Waals surface area contributed by atoms with Gasteiger partial charge in [0.25, 0.3) is 5.91 Å².